The van der Waals surface area contributed by atoms with Crippen molar-refractivity contribution in [1.82, 2.24) is 10.2 Å². The molecule has 0 spiro atoms. The van der Waals surface area contributed by atoms with Crippen LogP contribution in [0.3, 0.4) is 0 Å². The van der Waals surface area contributed by atoms with Gasteiger partial charge < -0.3 is 10.2 Å². The number of carbonyl (C=O) groups is 2. The highest BCUT2D eigenvalue weighted by molar-refractivity contribution is 7.92. The third-order valence-corrected chi connectivity index (χ3v) is 7.65. The van der Waals surface area contributed by atoms with E-state index in [1.165, 1.54) is 4.90 Å². The third kappa shape index (κ3) is 8.96. The van der Waals surface area contributed by atoms with Crippen LogP contribution in [-0.2, 0) is 32.6 Å². The summed E-state index contributed by atoms with van der Waals surface area (Å²) in [7, 11) is -3.78. The molecule has 0 fully saturated rings. The first kappa shape index (κ1) is 29.9. The number of aryl methyl sites for hydroxylation is 2. The second-order valence-electron chi connectivity index (χ2n) is 9.97. The molecule has 0 bridgehead atoms. The van der Waals surface area contributed by atoms with E-state index >= 15 is 0 Å². The lowest BCUT2D eigenvalue weighted by atomic mass is 10.0. The molecule has 0 aliphatic carbocycles. The molecule has 0 aliphatic heterocycles. The molecule has 0 aromatic heterocycles. The van der Waals surface area contributed by atoms with Gasteiger partial charge in [0, 0.05) is 19.5 Å². The van der Waals surface area contributed by atoms with E-state index in [9.17, 15) is 18.0 Å². The van der Waals surface area contributed by atoms with Crippen molar-refractivity contribution in [3.63, 3.8) is 0 Å². The Kier molecular flexibility index (Phi) is 10.7. The van der Waals surface area contributed by atoms with E-state index in [4.69, 9.17) is 0 Å². The van der Waals surface area contributed by atoms with E-state index < -0.39 is 28.5 Å². The molecular weight excluding hydrogens is 510 g/mol. The quantitative estimate of drug-likeness (QED) is 0.315. The summed E-state index contributed by atoms with van der Waals surface area (Å²) >= 11 is 0. The maximum atomic E-state index is 14.1. The second kappa shape index (κ2) is 13.9. The fraction of sp³-hybridized carbons (Fsp3) is 0.355. The fourth-order valence-corrected chi connectivity index (χ4v) is 5.31. The minimum Gasteiger partial charge on any atom is -0.354 e. The van der Waals surface area contributed by atoms with Crippen molar-refractivity contribution in [2.24, 2.45) is 0 Å². The predicted octanol–water partition coefficient (Wildman–Crippen LogP) is 4.63. The smallest absolute Gasteiger partial charge is 0.244 e. The number of carbonyl (C=O) groups excluding carboxylic acids is 2. The molecule has 0 saturated heterocycles. The number of hydrogen-bond donors (Lipinski definition) is 1. The van der Waals surface area contributed by atoms with Gasteiger partial charge in [-0.3, -0.25) is 13.9 Å². The molecule has 1 atom stereocenters. The lowest BCUT2D eigenvalue weighted by Crippen LogP contribution is -2.53. The van der Waals surface area contributed by atoms with Gasteiger partial charge in [-0.15, -0.1) is 0 Å². The van der Waals surface area contributed by atoms with Crippen LogP contribution in [0.25, 0.3) is 0 Å². The standard InChI is InChI=1S/C31H39N3O4S/c1-5-6-18-32-31(36)29(21-26-14-8-7-9-15-26)33(22-27-16-10-12-24(2)19-27)30(35)23-34(39(4,37)38)28-17-11-13-25(3)20-28/h7-17,19-20,29H,5-6,18,21-23H2,1-4H3,(H,32,36)/t29-/m1/s1. The third-order valence-electron chi connectivity index (χ3n) is 6.50. The SMILES string of the molecule is CCCCNC(=O)[C@@H](Cc1ccccc1)N(Cc1cccc(C)c1)C(=O)CN(c1cccc(C)c1)S(C)(=O)=O. The Morgan fingerprint density at radius 2 is 1.51 bits per heavy atom. The topological polar surface area (TPSA) is 86.8 Å². The summed E-state index contributed by atoms with van der Waals surface area (Å²) in [6.45, 7) is 6.15. The highest BCUT2D eigenvalue weighted by atomic mass is 32.2. The number of benzene rings is 3. The molecule has 3 aromatic rings. The number of amides is 2. The molecular formula is C31H39N3O4S. The molecule has 0 unspecified atom stereocenters. The summed E-state index contributed by atoms with van der Waals surface area (Å²) in [5, 5.41) is 2.99. The molecule has 39 heavy (non-hydrogen) atoms. The highest BCUT2D eigenvalue weighted by Crippen LogP contribution is 2.21. The van der Waals surface area contributed by atoms with Gasteiger partial charge in [-0.05, 0) is 49.1 Å². The van der Waals surface area contributed by atoms with Crippen LogP contribution < -0.4 is 9.62 Å². The second-order valence-corrected chi connectivity index (χ2v) is 11.9. The number of unbranched alkanes of at least 4 members (excludes halogenated alkanes) is 1. The molecule has 0 saturated carbocycles. The highest BCUT2D eigenvalue weighted by Gasteiger charge is 2.33. The van der Waals surface area contributed by atoms with Crippen LogP contribution in [0.1, 0.15) is 42.0 Å². The Morgan fingerprint density at radius 3 is 2.13 bits per heavy atom. The first-order valence-electron chi connectivity index (χ1n) is 13.3. The average molecular weight is 550 g/mol. The largest absolute Gasteiger partial charge is 0.354 e. The van der Waals surface area contributed by atoms with E-state index in [1.54, 1.807) is 18.2 Å². The lowest BCUT2D eigenvalue weighted by molar-refractivity contribution is -0.140. The van der Waals surface area contributed by atoms with Gasteiger partial charge in [0.05, 0.1) is 11.9 Å². The van der Waals surface area contributed by atoms with E-state index in [0.29, 0.717) is 18.7 Å². The minimum absolute atomic E-state index is 0.171. The van der Waals surface area contributed by atoms with Crippen LogP contribution in [0.5, 0.6) is 0 Å². The van der Waals surface area contributed by atoms with Gasteiger partial charge in [0.2, 0.25) is 21.8 Å². The van der Waals surface area contributed by atoms with Crippen LogP contribution in [0.2, 0.25) is 0 Å². The molecule has 3 rings (SSSR count). The summed E-state index contributed by atoms with van der Waals surface area (Å²) in [6, 6.07) is 23.5. The predicted molar refractivity (Wildman–Crippen MR) is 157 cm³/mol. The fourth-order valence-electron chi connectivity index (χ4n) is 4.46. The zero-order valence-electron chi connectivity index (χ0n) is 23.3. The van der Waals surface area contributed by atoms with Crippen molar-refractivity contribution in [1.29, 1.82) is 0 Å². The minimum atomic E-state index is -3.78. The van der Waals surface area contributed by atoms with Crippen molar-refractivity contribution in [2.75, 3.05) is 23.7 Å². The first-order chi connectivity index (χ1) is 18.6. The Balaban J connectivity index is 2.03. The van der Waals surface area contributed by atoms with Crippen LogP contribution in [0.15, 0.2) is 78.9 Å². The number of anilines is 1. The van der Waals surface area contributed by atoms with Crippen LogP contribution in [0, 0.1) is 13.8 Å². The lowest BCUT2D eigenvalue weighted by Gasteiger charge is -2.33. The van der Waals surface area contributed by atoms with E-state index in [0.717, 1.165) is 45.7 Å². The van der Waals surface area contributed by atoms with Gasteiger partial charge in [0.25, 0.3) is 0 Å². The van der Waals surface area contributed by atoms with E-state index in [1.807, 2.05) is 81.4 Å². The number of nitrogens with zero attached hydrogens (tertiary/aromatic N) is 2. The summed E-state index contributed by atoms with van der Waals surface area (Å²) in [6.07, 6.45) is 3.15. The molecule has 7 nitrogen and oxygen atoms in total. The molecule has 2 amide bonds. The van der Waals surface area contributed by atoms with Gasteiger partial charge in [-0.2, -0.15) is 0 Å². The molecule has 3 aromatic carbocycles. The Labute approximate surface area is 232 Å². The molecule has 8 heteroatoms. The normalized spacial score (nSPS) is 12.0. The number of hydrogen-bond acceptors (Lipinski definition) is 4. The summed E-state index contributed by atoms with van der Waals surface area (Å²) in [5.41, 5.74) is 4.10. The van der Waals surface area contributed by atoms with Crippen molar-refractivity contribution >= 4 is 27.5 Å². The number of nitrogens with one attached hydrogen (secondary N) is 1. The van der Waals surface area contributed by atoms with Gasteiger partial charge >= 0.3 is 0 Å². The maximum Gasteiger partial charge on any atom is 0.244 e. The zero-order valence-corrected chi connectivity index (χ0v) is 24.1. The van der Waals surface area contributed by atoms with Crippen molar-refractivity contribution in [3.05, 3.63) is 101 Å². The van der Waals surface area contributed by atoms with Gasteiger partial charge in [0.15, 0.2) is 0 Å². The van der Waals surface area contributed by atoms with Gasteiger partial charge in [0.1, 0.15) is 12.6 Å². The number of sulfonamides is 1. The molecule has 0 heterocycles. The average Bonchev–Trinajstić information content (AvgIpc) is 2.89. The van der Waals surface area contributed by atoms with Gasteiger partial charge in [-0.1, -0.05) is 85.6 Å². The molecule has 0 radical (unpaired) electrons. The summed E-state index contributed by atoms with van der Waals surface area (Å²) < 4.78 is 26.8. The molecule has 1 N–H and O–H groups in total. The van der Waals surface area contributed by atoms with Crippen molar-refractivity contribution in [2.45, 2.75) is 52.6 Å². The van der Waals surface area contributed by atoms with Crippen molar-refractivity contribution in [3.8, 4) is 0 Å². The molecule has 0 aliphatic rings. The Hall–Kier alpha value is -3.65. The summed E-state index contributed by atoms with van der Waals surface area (Å²) in [4.78, 5) is 29.2. The van der Waals surface area contributed by atoms with E-state index in [-0.39, 0.29) is 12.5 Å². The monoisotopic (exact) mass is 549 g/mol. The zero-order chi connectivity index (χ0) is 28.4. The van der Waals surface area contributed by atoms with Crippen LogP contribution in [-0.4, -0.2) is 50.5 Å². The van der Waals surface area contributed by atoms with Crippen molar-refractivity contribution < 1.29 is 18.0 Å². The Morgan fingerprint density at radius 1 is 0.872 bits per heavy atom. The van der Waals surface area contributed by atoms with Crippen LogP contribution >= 0.6 is 0 Å². The first-order valence-corrected chi connectivity index (χ1v) is 15.1. The number of rotatable bonds is 13. The summed E-state index contributed by atoms with van der Waals surface area (Å²) in [5.74, 6) is -0.704. The van der Waals surface area contributed by atoms with Gasteiger partial charge in [-0.25, -0.2) is 8.42 Å². The Bertz CT molecular complexity index is 1360. The maximum absolute atomic E-state index is 14.1. The molecule has 208 valence electrons. The van der Waals surface area contributed by atoms with Crippen LogP contribution in [0.4, 0.5) is 5.69 Å². The van der Waals surface area contributed by atoms with E-state index in [2.05, 4.69) is 5.32 Å².